The molecule has 0 spiro atoms. The van der Waals surface area contributed by atoms with E-state index in [-0.39, 0.29) is 37.1 Å². The largest absolute Gasteiger partial charge is 0.444 e. The van der Waals surface area contributed by atoms with E-state index < -0.39 is 24.5 Å². The predicted octanol–water partition coefficient (Wildman–Crippen LogP) is 3.12. The maximum Gasteiger partial charge on any atom is 0.408 e. The zero-order chi connectivity index (χ0) is 20.9. The van der Waals surface area contributed by atoms with Crippen LogP contribution in [-0.4, -0.2) is 42.8 Å². The third kappa shape index (κ3) is 13.7. The maximum absolute atomic E-state index is 11.9. The first-order chi connectivity index (χ1) is 12.6. The molecule has 0 aliphatic heterocycles. The van der Waals surface area contributed by atoms with Gasteiger partial charge in [-0.05, 0) is 33.6 Å². The topological polar surface area (TPSA) is 108 Å². The van der Waals surface area contributed by atoms with E-state index in [0.717, 1.165) is 25.7 Å². The Balaban J connectivity index is 3.97. The van der Waals surface area contributed by atoms with E-state index >= 15 is 0 Å². The summed E-state index contributed by atoms with van der Waals surface area (Å²) in [7, 11) is 0. The molecule has 1 amide bonds. The fourth-order valence-corrected chi connectivity index (χ4v) is 2.24. The van der Waals surface area contributed by atoms with Gasteiger partial charge in [-0.3, -0.25) is 14.4 Å². The van der Waals surface area contributed by atoms with Crippen LogP contribution in [0.2, 0.25) is 0 Å². The van der Waals surface area contributed by atoms with Crippen LogP contribution in [0.5, 0.6) is 0 Å². The zero-order valence-corrected chi connectivity index (χ0v) is 17.1. The summed E-state index contributed by atoms with van der Waals surface area (Å²) >= 11 is 0. The number of rotatable bonds is 12. The molecule has 0 heterocycles. The van der Waals surface area contributed by atoms with Gasteiger partial charge in [-0.1, -0.05) is 26.7 Å². The Morgan fingerprint density at radius 2 is 1.52 bits per heavy atom. The second-order valence-electron chi connectivity index (χ2n) is 7.27. The number of ketones is 1. The van der Waals surface area contributed by atoms with Gasteiger partial charge in [0.2, 0.25) is 6.79 Å². The molecule has 0 aliphatic rings. The Hall–Kier alpha value is -2.12. The van der Waals surface area contributed by atoms with Crippen molar-refractivity contribution in [3.63, 3.8) is 0 Å². The lowest BCUT2D eigenvalue weighted by molar-refractivity contribution is -0.170. The molecule has 0 fully saturated rings. The zero-order valence-electron chi connectivity index (χ0n) is 17.1. The number of carbonyl (C=O) groups is 4. The standard InChI is InChI=1S/C19H33NO7/c1-6-8-14(9-7-2)17(23)26-13-25-16(22)11-10-15(21)12-20-18(24)27-19(3,4)5/h14H,6-13H2,1-5H3,(H,20,24). The van der Waals surface area contributed by atoms with Crippen LogP contribution in [0.3, 0.4) is 0 Å². The molecule has 0 rings (SSSR count). The summed E-state index contributed by atoms with van der Waals surface area (Å²) in [5, 5.41) is 2.32. The lowest BCUT2D eigenvalue weighted by atomic mass is 9.99. The Morgan fingerprint density at radius 3 is 2.04 bits per heavy atom. The molecule has 0 saturated carbocycles. The van der Waals surface area contributed by atoms with Crippen molar-refractivity contribution < 1.29 is 33.4 Å². The highest BCUT2D eigenvalue weighted by Crippen LogP contribution is 2.15. The molecule has 8 nitrogen and oxygen atoms in total. The van der Waals surface area contributed by atoms with Crippen molar-refractivity contribution in [3.05, 3.63) is 0 Å². The van der Waals surface area contributed by atoms with E-state index in [2.05, 4.69) is 5.32 Å². The molecule has 0 aliphatic carbocycles. The van der Waals surface area contributed by atoms with Crippen LogP contribution in [-0.2, 0) is 28.6 Å². The summed E-state index contributed by atoms with van der Waals surface area (Å²) in [4.78, 5) is 46.6. The summed E-state index contributed by atoms with van der Waals surface area (Å²) in [6, 6.07) is 0. The van der Waals surface area contributed by atoms with Gasteiger partial charge < -0.3 is 19.5 Å². The van der Waals surface area contributed by atoms with Gasteiger partial charge in [-0.2, -0.15) is 0 Å². The molecule has 8 heteroatoms. The number of hydrogen-bond donors (Lipinski definition) is 1. The van der Waals surface area contributed by atoms with Gasteiger partial charge in [0.1, 0.15) is 5.60 Å². The average molecular weight is 387 g/mol. The van der Waals surface area contributed by atoms with Crippen LogP contribution in [0.15, 0.2) is 0 Å². The van der Waals surface area contributed by atoms with Gasteiger partial charge in [0.25, 0.3) is 0 Å². The summed E-state index contributed by atoms with van der Waals surface area (Å²) in [6.45, 7) is 8.44. The molecular weight excluding hydrogens is 354 g/mol. The van der Waals surface area contributed by atoms with Gasteiger partial charge in [-0.25, -0.2) is 4.79 Å². The van der Waals surface area contributed by atoms with Crippen molar-refractivity contribution in [1.29, 1.82) is 0 Å². The molecule has 0 unspecified atom stereocenters. The number of amides is 1. The molecule has 1 N–H and O–H groups in total. The van der Waals surface area contributed by atoms with Crippen LogP contribution in [0.25, 0.3) is 0 Å². The molecule has 0 atom stereocenters. The predicted molar refractivity (Wildman–Crippen MR) is 98.8 cm³/mol. The monoisotopic (exact) mass is 387 g/mol. The summed E-state index contributed by atoms with van der Waals surface area (Å²) in [6.07, 6.45) is 2.28. The number of ether oxygens (including phenoxy) is 3. The number of carbonyl (C=O) groups excluding carboxylic acids is 4. The van der Waals surface area contributed by atoms with Gasteiger partial charge in [0.05, 0.1) is 18.9 Å². The van der Waals surface area contributed by atoms with E-state index in [1.54, 1.807) is 20.8 Å². The first-order valence-electron chi connectivity index (χ1n) is 9.39. The van der Waals surface area contributed by atoms with Crippen LogP contribution in [0.1, 0.15) is 73.1 Å². The van der Waals surface area contributed by atoms with Crippen molar-refractivity contribution in [1.82, 2.24) is 5.32 Å². The SMILES string of the molecule is CCCC(CCC)C(=O)OCOC(=O)CCC(=O)CNC(=O)OC(C)(C)C. The number of nitrogens with one attached hydrogen (secondary N) is 1. The van der Waals surface area contributed by atoms with E-state index in [9.17, 15) is 19.2 Å². The Bertz CT molecular complexity index is 491. The number of esters is 2. The molecule has 0 aromatic rings. The highest BCUT2D eigenvalue weighted by Gasteiger charge is 2.19. The van der Waals surface area contributed by atoms with E-state index in [0.29, 0.717) is 0 Å². The smallest absolute Gasteiger partial charge is 0.408 e. The van der Waals surface area contributed by atoms with Crippen LogP contribution in [0.4, 0.5) is 4.79 Å². The van der Waals surface area contributed by atoms with Crippen molar-refractivity contribution in [3.8, 4) is 0 Å². The van der Waals surface area contributed by atoms with Crippen molar-refractivity contribution in [2.24, 2.45) is 5.92 Å². The second-order valence-corrected chi connectivity index (χ2v) is 7.27. The molecule has 156 valence electrons. The molecule has 27 heavy (non-hydrogen) atoms. The molecule has 0 aromatic heterocycles. The summed E-state index contributed by atoms with van der Waals surface area (Å²) < 4.78 is 14.8. The minimum absolute atomic E-state index is 0.0864. The summed E-state index contributed by atoms with van der Waals surface area (Å²) in [5.74, 6) is -1.53. The first-order valence-corrected chi connectivity index (χ1v) is 9.39. The fourth-order valence-electron chi connectivity index (χ4n) is 2.24. The minimum Gasteiger partial charge on any atom is -0.444 e. The van der Waals surface area contributed by atoms with Gasteiger partial charge in [0, 0.05) is 6.42 Å². The third-order valence-electron chi connectivity index (χ3n) is 3.47. The first kappa shape index (κ1) is 24.9. The molecule has 0 aromatic carbocycles. The van der Waals surface area contributed by atoms with Gasteiger partial charge in [-0.15, -0.1) is 0 Å². The number of alkyl carbamates (subject to hydrolysis) is 1. The van der Waals surface area contributed by atoms with E-state index in [1.165, 1.54) is 0 Å². The number of Topliss-reactive ketones (excluding diaryl/α,β-unsaturated/α-hetero) is 1. The number of hydrogen-bond acceptors (Lipinski definition) is 7. The highest BCUT2D eigenvalue weighted by molar-refractivity contribution is 5.86. The summed E-state index contributed by atoms with van der Waals surface area (Å²) in [5.41, 5.74) is -0.651. The third-order valence-corrected chi connectivity index (χ3v) is 3.47. The quantitative estimate of drug-likeness (QED) is 0.405. The van der Waals surface area contributed by atoms with Crippen molar-refractivity contribution in [2.45, 2.75) is 78.7 Å². The van der Waals surface area contributed by atoms with Crippen molar-refractivity contribution in [2.75, 3.05) is 13.3 Å². The molecule has 0 bridgehead atoms. The Labute approximate surface area is 161 Å². The molecular formula is C19H33NO7. The van der Waals surface area contributed by atoms with Gasteiger partial charge >= 0.3 is 18.0 Å². The molecule has 0 radical (unpaired) electrons. The second kappa shape index (κ2) is 13.1. The van der Waals surface area contributed by atoms with Crippen LogP contribution in [0, 0.1) is 5.92 Å². The minimum atomic E-state index is -0.695. The average Bonchev–Trinajstić information content (AvgIpc) is 2.56. The Kier molecular flexibility index (Phi) is 12.1. The lowest BCUT2D eigenvalue weighted by Crippen LogP contribution is -2.35. The van der Waals surface area contributed by atoms with Gasteiger partial charge in [0.15, 0.2) is 5.78 Å². The van der Waals surface area contributed by atoms with Crippen molar-refractivity contribution >= 4 is 23.8 Å². The lowest BCUT2D eigenvalue weighted by Gasteiger charge is -2.19. The van der Waals surface area contributed by atoms with E-state index in [1.807, 2.05) is 13.8 Å². The van der Waals surface area contributed by atoms with Crippen LogP contribution < -0.4 is 5.32 Å². The Morgan fingerprint density at radius 1 is 0.926 bits per heavy atom. The highest BCUT2D eigenvalue weighted by atomic mass is 16.7. The van der Waals surface area contributed by atoms with Crippen LogP contribution >= 0.6 is 0 Å². The fraction of sp³-hybridized carbons (Fsp3) is 0.789. The normalized spacial score (nSPS) is 11.0. The molecule has 0 saturated heterocycles. The van der Waals surface area contributed by atoms with E-state index in [4.69, 9.17) is 14.2 Å². The maximum atomic E-state index is 11.9.